The van der Waals surface area contributed by atoms with Crippen molar-refractivity contribution in [1.29, 1.82) is 0 Å². The van der Waals surface area contributed by atoms with Crippen LogP contribution >= 0.6 is 0 Å². The lowest BCUT2D eigenvalue weighted by atomic mass is 10.1. The maximum Gasteiger partial charge on any atom is 0.274 e. The van der Waals surface area contributed by atoms with Crippen LogP contribution in [0, 0.1) is 5.82 Å². The van der Waals surface area contributed by atoms with Crippen molar-refractivity contribution in [2.75, 3.05) is 31.4 Å². The fraction of sp³-hybridized carbons (Fsp3) is 0.182. The second-order valence-electron chi connectivity index (χ2n) is 6.25. The van der Waals surface area contributed by atoms with Crippen LogP contribution in [0.2, 0.25) is 0 Å². The molecule has 0 spiro atoms. The van der Waals surface area contributed by atoms with Gasteiger partial charge in [-0.3, -0.25) is 9.78 Å². The standard InChI is InChI=1S/C22H22FN3O3/c1-28-18-7-8-21(29-2)19(14-18)26-22(27)20-13-17(10-12-25-20)24-11-9-15-3-5-16(23)6-4-15/h3-8,10,12-14H,9,11H2,1-2H3,(H,24,25)(H,26,27). The molecule has 6 nitrogen and oxygen atoms in total. The molecule has 3 aromatic rings. The van der Waals surface area contributed by atoms with Gasteiger partial charge in [0.25, 0.3) is 5.91 Å². The Bertz CT molecular complexity index is 977. The van der Waals surface area contributed by atoms with Gasteiger partial charge in [-0.05, 0) is 48.4 Å². The molecule has 1 aromatic heterocycles. The maximum absolute atomic E-state index is 13.0. The fourth-order valence-corrected chi connectivity index (χ4v) is 2.77. The summed E-state index contributed by atoms with van der Waals surface area (Å²) in [6.45, 7) is 0.639. The Labute approximate surface area is 168 Å². The summed E-state index contributed by atoms with van der Waals surface area (Å²) in [5.41, 5.74) is 2.55. The van der Waals surface area contributed by atoms with Crippen molar-refractivity contribution >= 4 is 17.3 Å². The molecule has 2 N–H and O–H groups in total. The molecule has 3 rings (SSSR count). The Morgan fingerprint density at radius 3 is 2.55 bits per heavy atom. The number of halogens is 1. The summed E-state index contributed by atoms with van der Waals surface area (Å²) in [6, 6.07) is 15.0. The topological polar surface area (TPSA) is 72.5 Å². The molecule has 0 bridgehead atoms. The molecule has 1 amide bonds. The molecule has 0 radical (unpaired) electrons. The number of methoxy groups -OCH3 is 2. The molecule has 0 aliphatic rings. The first kappa shape index (κ1) is 20.1. The van der Waals surface area contributed by atoms with Gasteiger partial charge >= 0.3 is 0 Å². The van der Waals surface area contributed by atoms with E-state index in [0.29, 0.717) is 23.7 Å². The minimum Gasteiger partial charge on any atom is -0.497 e. The van der Waals surface area contributed by atoms with E-state index in [2.05, 4.69) is 15.6 Å². The first-order chi connectivity index (χ1) is 14.1. The Morgan fingerprint density at radius 1 is 1.03 bits per heavy atom. The smallest absolute Gasteiger partial charge is 0.274 e. The number of nitrogens with zero attached hydrogens (tertiary/aromatic N) is 1. The van der Waals surface area contributed by atoms with Crippen LogP contribution in [0.5, 0.6) is 11.5 Å². The van der Waals surface area contributed by atoms with Crippen molar-refractivity contribution in [2.24, 2.45) is 0 Å². The number of benzene rings is 2. The molecule has 150 valence electrons. The molecule has 0 aliphatic heterocycles. The van der Waals surface area contributed by atoms with Crippen molar-refractivity contribution in [3.8, 4) is 11.5 Å². The fourth-order valence-electron chi connectivity index (χ4n) is 2.77. The van der Waals surface area contributed by atoms with E-state index in [1.165, 1.54) is 19.2 Å². The zero-order chi connectivity index (χ0) is 20.6. The molecule has 29 heavy (non-hydrogen) atoms. The molecule has 0 unspecified atom stereocenters. The highest BCUT2D eigenvalue weighted by atomic mass is 19.1. The molecule has 1 heterocycles. The van der Waals surface area contributed by atoms with E-state index in [4.69, 9.17) is 9.47 Å². The average molecular weight is 395 g/mol. The molecule has 2 aromatic carbocycles. The highest BCUT2D eigenvalue weighted by Gasteiger charge is 2.12. The van der Waals surface area contributed by atoms with Gasteiger partial charge in [0.15, 0.2) is 0 Å². The predicted molar refractivity (Wildman–Crippen MR) is 110 cm³/mol. The summed E-state index contributed by atoms with van der Waals surface area (Å²) in [7, 11) is 3.08. The van der Waals surface area contributed by atoms with Gasteiger partial charge < -0.3 is 20.1 Å². The Kier molecular flexibility index (Phi) is 6.63. The zero-order valence-corrected chi connectivity index (χ0v) is 16.2. The number of anilines is 2. The molecule has 0 saturated heterocycles. The molecule has 0 aliphatic carbocycles. The average Bonchev–Trinajstić information content (AvgIpc) is 2.75. The second-order valence-corrected chi connectivity index (χ2v) is 6.25. The van der Waals surface area contributed by atoms with E-state index < -0.39 is 0 Å². The summed E-state index contributed by atoms with van der Waals surface area (Å²) in [5, 5.41) is 6.05. The van der Waals surface area contributed by atoms with Crippen LogP contribution in [-0.2, 0) is 6.42 Å². The van der Waals surface area contributed by atoms with Crippen LogP contribution in [0.25, 0.3) is 0 Å². The number of rotatable bonds is 8. The van der Waals surface area contributed by atoms with Gasteiger partial charge in [-0.25, -0.2) is 4.39 Å². The van der Waals surface area contributed by atoms with Crippen LogP contribution in [0.3, 0.4) is 0 Å². The van der Waals surface area contributed by atoms with Crippen LogP contribution in [0.4, 0.5) is 15.8 Å². The van der Waals surface area contributed by atoms with E-state index in [9.17, 15) is 9.18 Å². The summed E-state index contributed by atoms with van der Waals surface area (Å²) in [5.74, 6) is 0.510. The summed E-state index contributed by atoms with van der Waals surface area (Å²) < 4.78 is 23.4. The van der Waals surface area contributed by atoms with Gasteiger partial charge in [-0.1, -0.05) is 12.1 Å². The van der Waals surface area contributed by atoms with Crippen LogP contribution in [-0.4, -0.2) is 31.7 Å². The maximum atomic E-state index is 13.0. The monoisotopic (exact) mass is 395 g/mol. The van der Waals surface area contributed by atoms with Crippen LogP contribution < -0.4 is 20.1 Å². The number of pyridine rings is 1. The number of amides is 1. The van der Waals surface area contributed by atoms with Gasteiger partial charge in [0, 0.05) is 24.5 Å². The predicted octanol–water partition coefficient (Wildman–Crippen LogP) is 4.14. The SMILES string of the molecule is COc1ccc(OC)c(NC(=O)c2cc(NCCc3ccc(F)cc3)ccn2)c1. The minimum absolute atomic E-state index is 0.251. The normalized spacial score (nSPS) is 10.3. The summed E-state index contributed by atoms with van der Waals surface area (Å²) >= 11 is 0. The Balaban J connectivity index is 1.64. The molecule has 7 heteroatoms. The summed E-state index contributed by atoms with van der Waals surface area (Å²) in [6.07, 6.45) is 2.29. The second kappa shape index (κ2) is 9.54. The van der Waals surface area contributed by atoms with Crippen molar-refractivity contribution in [3.63, 3.8) is 0 Å². The number of carbonyl (C=O) groups excluding carboxylic acids is 1. The zero-order valence-electron chi connectivity index (χ0n) is 16.2. The van der Waals surface area contributed by atoms with Crippen molar-refractivity contribution in [2.45, 2.75) is 6.42 Å². The third-order valence-electron chi connectivity index (χ3n) is 4.30. The number of nitrogens with one attached hydrogen (secondary N) is 2. The van der Waals surface area contributed by atoms with E-state index in [1.54, 1.807) is 55.8 Å². The third-order valence-corrected chi connectivity index (χ3v) is 4.30. The van der Waals surface area contributed by atoms with E-state index >= 15 is 0 Å². The molecular weight excluding hydrogens is 373 g/mol. The number of aromatic nitrogens is 1. The Hall–Kier alpha value is -3.61. The lowest BCUT2D eigenvalue weighted by Gasteiger charge is -2.12. The number of hydrogen-bond acceptors (Lipinski definition) is 5. The Morgan fingerprint density at radius 2 is 1.83 bits per heavy atom. The van der Waals surface area contributed by atoms with Crippen LogP contribution in [0.15, 0.2) is 60.8 Å². The van der Waals surface area contributed by atoms with Crippen molar-refractivity contribution < 1.29 is 18.7 Å². The molecule has 0 saturated carbocycles. The lowest BCUT2D eigenvalue weighted by molar-refractivity contribution is 0.102. The number of ether oxygens (including phenoxy) is 2. The van der Waals surface area contributed by atoms with Gasteiger partial charge in [0.05, 0.1) is 19.9 Å². The molecule has 0 fully saturated rings. The number of hydrogen-bond donors (Lipinski definition) is 2. The molecular formula is C22H22FN3O3. The third kappa shape index (κ3) is 5.44. The highest BCUT2D eigenvalue weighted by molar-refractivity contribution is 6.04. The van der Waals surface area contributed by atoms with E-state index in [-0.39, 0.29) is 17.4 Å². The first-order valence-electron chi connectivity index (χ1n) is 9.07. The lowest BCUT2D eigenvalue weighted by Crippen LogP contribution is -2.15. The minimum atomic E-state index is -0.362. The summed E-state index contributed by atoms with van der Waals surface area (Å²) in [4.78, 5) is 16.8. The van der Waals surface area contributed by atoms with E-state index in [0.717, 1.165) is 17.7 Å². The van der Waals surface area contributed by atoms with Gasteiger partial charge in [-0.15, -0.1) is 0 Å². The first-order valence-corrected chi connectivity index (χ1v) is 9.07. The van der Waals surface area contributed by atoms with Crippen LogP contribution in [0.1, 0.15) is 16.1 Å². The van der Waals surface area contributed by atoms with Crippen molar-refractivity contribution in [1.82, 2.24) is 4.98 Å². The van der Waals surface area contributed by atoms with E-state index in [1.807, 2.05) is 0 Å². The quantitative estimate of drug-likeness (QED) is 0.600. The largest absolute Gasteiger partial charge is 0.497 e. The van der Waals surface area contributed by atoms with Crippen molar-refractivity contribution in [3.05, 3.63) is 77.9 Å². The molecule has 0 atom stereocenters. The van der Waals surface area contributed by atoms with Gasteiger partial charge in [-0.2, -0.15) is 0 Å². The van der Waals surface area contributed by atoms with Gasteiger partial charge in [0.2, 0.25) is 0 Å². The number of carbonyl (C=O) groups is 1. The highest BCUT2D eigenvalue weighted by Crippen LogP contribution is 2.29. The van der Waals surface area contributed by atoms with Gasteiger partial charge in [0.1, 0.15) is 23.0 Å².